The molecule has 0 aliphatic heterocycles. The fraction of sp³-hybridized carbons (Fsp3) is 0.375. The van der Waals surface area contributed by atoms with Crippen molar-refractivity contribution in [2.75, 3.05) is 0 Å². The number of halogens is 2. The van der Waals surface area contributed by atoms with E-state index in [1.807, 2.05) is 0 Å². The first-order chi connectivity index (χ1) is 5.13. The van der Waals surface area contributed by atoms with Gasteiger partial charge in [-0.3, -0.25) is 4.98 Å². The van der Waals surface area contributed by atoms with Crippen LogP contribution in [-0.2, 0) is 0 Å². The van der Waals surface area contributed by atoms with E-state index >= 15 is 0 Å². The summed E-state index contributed by atoms with van der Waals surface area (Å²) in [5.74, 6) is -1.28. The lowest BCUT2D eigenvalue weighted by molar-refractivity contribution is 0.532. The van der Waals surface area contributed by atoms with Crippen LogP contribution in [0.15, 0.2) is 12.4 Å². The van der Waals surface area contributed by atoms with Crippen LogP contribution in [0.25, 0.3) is 0 Å². The van der Waals surface area contributed by atoms with Crippen LogP contribution in [0, 0.1) is 11.6 Å². The van der Waals surface area contributed by atoms with Crippen LogP contribution in [0.1, 0.15) is 25.3 Å². The molecule has 1 heterocycles. The molecule has 0 atom stereocenters. The molecule has 1 aromatic heterocycles. The van der Waals surface area contributed by atoms with Crippen molar-refractivity contribution in [1.82, 2.24) is 4.98 Å². The Labute approximate surface area is 64.1 Å². The van der Waals surface area contributed by atoms with E-state index in [2.05, 4.69) is 4.98 Å². The van der Waals surface area contributed by atoms with Gasteiger partial charge in [0.15, 0.2) is 0 Å². The van der Waals surface area contributed by atoms with Crippen molar-refractivity contribution in [3.8, 4) is 0 Å². The van der Waals surface area contributed by atoms with E-state index in [9.17, 15) is 8.78 Å². The van der Waals surface area contributed by atoms with Crippen molar-refractivity contribution in [3.63, 3.8) is 0 Å². The lowest BCUT2D eigenvalue weighted by atomic mass is 10.0. The summed E-state index contributed by atoms with van der Waals surface area (Å²) in [6.07, 6.45) is 2.05. The molecule has 0 saturated carbocycles. The normalized spacial score (nSPS) is 10.6. The number of hydrogen-bond acceptors (Lipinski definition) is 1. The second-order valence-electron chi connectivity index (χ2n) is 2.67. The highest BCUT2D eigenvalue weighted by atomic mass is 19.1. The highest BCUT2D eigenvalue weighted by Gasteiger charge is 2.11. The first kappa shape index (κ1) is 8.11. The maximum absolute atomic E-state index is 12.8. The van der Waals surface area contributed by atoms with Crippen molar-refractivity contribution in [2.24, 2.45) is 0 Å². The zero-order chi connectivity index (χ0) is 8.43. The zero-order valence-corrected chi connectivity index (χ0v) is 6.44. The summed E-state index contributed by atoms with van der Waals surface area (Å²) < 4.78 is 25.6. The van der Waals surface area contributed by atoms with Crippen LogP contribution in [-0.4, -0.2) is 4.98 Å². The average Bonchev–Trinajstić information content (AvgIpc) is 1.85. The van der Waals surface area contributed by atoms with Crippen molar-refractivity contribution >= 4 is 0 Å². The molecule has 1 aromatic rings. The molecule has 60 valence electrons. The van der Waals surface area contributed by atoms with Crippen LogP contribution < -0.4 is 0 Å². The van der Waals surface area contributed by atoms with Crippen LogP contribution in [0.3, 0.4) is 0 Å². The van der Waals surface area contributed by atoms with Gasteiger partial charge in [0, 0.05) is 5.56 Å². The summed E-state index contributed by atoms with van der Waals surface area (Å²) in [5, 5.41) is 0. The molecule has 0 unspecified atom stereocenters. The standard InChI is InChI=1S/C8H9F2N/c1-5(2)8-6(9)3-11-4-7(8)10/h3-5H,1-2H3. The molecule has 0 aromatic carbocycles. The zero-order valence-electron chi connectivity index (χ0n) is 6.44. The van der Waals surface area contributed by atoms with Crippen LogP contribution >= 0.6 is 0 Å². The molecule has 0 aliphatic carbocycles. The summed E-state index contributed by atoms with van der Waals surface area (Å²) in [4.78, 5) is 3.38. The number of nitrogens with zero attached hydrogens (tertiary/aromatic N) is 1. The predicted octanol–water partition coefficient (Wildman–Crippen LogP) is 2.48. The first-order valence-corrected chi connectivity index (χ1v) is 3.42. The van der Waals surface area contributed by atoms with Gasteiger partial charge in [-0.05, 0) is 5.92 Å². The molecule has 11 heavy (non-hydrogen) atoms. The molecular formula is C8H9F2N. The lowest BCUT2D eigenvalue weighted by Gasteiger charge is -2.06. The van der Waals surface area contributed by atoms with E-state index in [0.717, 1.165) is 12.4 Å². The molecule has 0 N–H and O–H groups in total. The van der Waals surface area contributed by atoms with Crippen molar-refractivity contribution in [2.45, 2.75) is 19.8 Å². The number of aromatic nitrogens is 1. The maximum atomic E-state index is 12.8. The summed E-state index contributed by atoms with van der Waals surface area (Å²) in [7, 11) is 0. The van der Waals surface area contributed by atoms with Gasteiger partial charge in [-0.15, -0.1) is 0 Å². The Morgan fingerprint density at radius 3 is 1.91 bits per heavy atom. The summed E-state index contributed by atoms with van der Waals surface area (Å²) in [6, 6.07) is 0. The van der Waals surface area contributed by atoms with Gasteiger partial charge in [-0.2, -0.15) is 0 Å². The van der Waals surface area contributed by atoms with Crippen molar-refractivity contribution in [1.29, 1.82) is 0 Å². The van der Waals surface area contributed by atoms with E-state index in [4.69, 9.17) is 0 Å². The first-order valence-electron chi connectivity index (χ1n) is 3.42. The van der Waals surface area contributed by atoms with E-state index in [0.29, 0.717) is 0 Å². The monoisotopic (exact) mass is 157 g/mol. The Morgan fingerprint density at radius 1 is 1.18 bits per heavy atom. The van der Waals surface area contributed by atoms with Gasteiger partial charge in [-0.1, -0.05) is 13.8 Å². The van der Waals surface area contributed by atoms with Crippen molar-refractivity contribution < 1.29 is 8.78 Å². The molecule has 1 nitrogen and oxygen atoms in total. The molecule has 1 rings (SSSR count). The summed E-state index contributed by atoms with van der Waals surface area (Å²) in [5.41, 5.74) is 0.111. The molecular weight excluding hydrogens is 148 g/mol. The molecule has 0 spiro atoms. The van der Waals surface area contributed by atoms with Crippen LogP contribution in [0.5, 0.6) is 0 Å². The van der Waals surface area contributed by atoms with Gasteiger partial charge in [0.1, 0.15) is 11.6 Å². The smallest absolute Gasteiger partial charge is 0.147 e. The third-order valence-electron chi connectivity index (χ3n) is 1.47. The van der Waals surface area contributed by atoms with Crippen molar-refractivity contribution in [3.05, 3.63) is 29.6 Å². The van der Waals surface area contributed by atoms with Gasteiger partial charge >= 0.3 is 0 Å². The molecule has 0 saturated heterocycles. The van der Waals surface area contributed by atoms with Gasteiger partial charge in [0.25, 0.3) is 0 Å². The van der Waals surface area contributed by atoms with Gasteiger partial charge in [0.2, 0.25) is 0 Å². The Morgan fingerprint density at radius 2 is 1.64 bits per heavy atom. The summed E-state index contributed by atoms with van der Waals surface area (Å²) >= 11 is 0. The molecule has 0 radical (unpaired) electrons. The molecule has 0 aliphatic rings. The predicted molar refractivity (Wildman–Crippen MR) is 38.2 cm³/mol. The fourth-order valence-corrected chi connectivity index (χ4v) is 0.973. The minimum atomic E-state index is -0.569. The molecule has 0 bridgehead atoms. The van der Waals surface area contributed by atoms with Gasteiger partial charge in [-0.25, -0.2) is 8.78 Å². The third-order valence-corrected chi connectivity index (χ3v) is 1.47. The lowest BCUT2D eigenvalue weighted by Crippen LogP contribution is -1.98. The highest BCUT2D eigenvalue weighted by molar-refractivity contribution is 5.18. The Kier molecular flexibility index (Phi) is 2.17. The second kappa shape index (κ2) is 2.95. The molecule has 0 fully saturated rings. The quantitative estimate of drug-likeness (QED) is 0.610. The van der Waals surface area contributed by atoms with Crippen LogP contribution in [0.2, 0.25) is 0 Å². The van der Waals surface area contributed by atoms with Crippen LogP contribution in [0.4, 0.5) is 8.78 Å². The van der Waals surface area contributed by atoms with Gasteiger partial charge in [0.05, 0.1) is 12.4 Å². The highest BCUT2D eigenvalue weighted by Crippen LogP contribution is 2.19. The molecule has 3 heteroatoms. The number of hydrogen-bond donors (Lipinski definition) is 0. The largest absolute Gasteiger partial charge is 0.259 e. The Hall–Kier alpha value is -0.990. The summed E-state index contributed by atoms with van der Waals surface area (Å²) in [6.45, 7) is 3.48. The topological polar surface area (TPSA) is 12.9 Å². The third kappa shape index (κ3) is 1.53. The van der Waals surface area contributed by atoms with E-state index in [1.165, 1.54) is 0 Å². The molecule has 0 amide bonds. The van der Waals surface area contributed by atoms with Gasteiger partial charge < -0.3 is 0 Å². The van der Waals surface area contributed by atoms with E-state index < -0.39 is 11.6 Å². The minimum Gasteiger partial charge on any atom is -0.259 e. The number of rotatable bonds is 1. The number of pyridine rings is 1. The Balaban J connectivity index is 3.21. The second-order valence-corrected chi connectivity index (χ2v) is 2.67. The fourth-order valence-electron chi connectivity index (χ4n) is 0.973. The average molecular weight is 157 g/mol. The van der Waals surface area contributed by atoms with E-state index in [-0.39, 0.29) is 11.5 Å². The SMILES string of the molecule is CC(C)c1c(F)cncc1F. The minimum absolute atomic E-state index is 0.111. The maximum Gasteiger partial charge on any atom is 0.147 e. The van der Waals surface area contributed by atoms with E-state index in [1.54, 1.807) is 13.8 Å². The Bertz CT molecular complexity index is 238.